The number of ether oxygens (including phenoxy) is 1. The van der Waals surface area contributed by atoms with Crippen molar-refractivity contribution in [2.75, 3.05) is 18.4 Å². The zero-order chi connectivity index (χ0) is 24.8. The van der Waals surface area contributed by atoms with Crippen LogP contribution < -0.4 is 10.1 Å². The number of anilines is 1. The number of amides is 1. The Morgan fingerprint density at radius 2 is 1.83 bits per heavy atom. The first-order chi connectivity index (χ1) is 16.8. The third-order valence-corrected chi connectivity index (χ3v) is 7.32. The highest BCUT2D eigenvalue weighted by atomic mass is 32.2. The molecule has 1 fully saturated rings. The lowest BCUT2D eigenvalue weighted by Gasteiger charge is -2.26. The van der Waals surface area contributed by atoms with E-state index in [0.717, 1.165) is 24.9 Å². The van der Waals surface area contributed by atoms with Gasteiger partial charge in [0, 0.05) is 19.2 Å². The van der Waals surface area contributed by atoms with Crippen LogP contribution in [0.4, 0.5) is 5.69 Å². The number of aromatic nitrogens is 3. The van der Waals surface area contributed by atoms with Crippen LogP contribution in [0.25, 0.3) is 11.8 Å². The number of hydrogen-bond donors (Lipinski definition) is 1. The molecule has 1 N–H and O–H groups in total. The van der Waals surface area contributed by atoms with Gasteiger partial charge in [0.1, 0.15) is 11.4 Å². The van der Waals surface area contributed by atoms with Crippen molar-refractivity contribution < 1.29 is 17.9 Å². The van der Waals surface area contributed by atoms with Gasteiger partial charge in [-0.2, -0.15) is 14.2 Å². The molecule has 4 rings (SSSR count). The third kappa shape index (κ3) is 6.14. The van der Waals surface area contributed by atoms with Crippen LogP contribution in [-0.2, 0) is 14.8 Å². The first-order valence-corrected chi connectivity index (χ1v) is 13.0. The van der Waals surface area contributed by atoms with Gasteiger partial charge in [-0.05, 0) is 63.1 Å². The van der Waals surface area contributed by atoms with Gasteiger partial charge >= 0.3 is 0 Å². The molecule has 0 bridgehead atoms. The monoisotopic (exact) mass is 495 g/mol. The van der Waals surface area contributed by atoms with Gasteiger partial charge in [-0.25, -0.2) is 8.42 Å². The number of para-hydroxylation sites is 1. The molecule has 1 aliphatic heterocycles. The van der Waals surface area contributed by atoms with Crippen molar-refractivity contribution >= 4 is 27.7 Å². The number of nitrogens with zero attached hydrogens (tertiary/aromatic N) is 4. The van der Waals surface area contributed by atoms with Gasteiger partial charge in [0.15, 0.2) is 0 Å². The van der Waals surface area contributed by atoms with E-state index >= 15 is 0 Å². The molecular weight excluding hydrogens is 466 g/mol. The first kappa shape index (κ1) is 24.6. The minimum Gasteiger partial charge on any atom is -0.489 e. The van der Waals surface area contributed by atoms with Gasteiger partial charge in [0.25, 0.3) is 0 Å². The van der Waals surface area contributed by atoms with Crippen LogP contribution in [0.2, 0.25) is 0 Å². The Kier molecular flexibility index (Phi) is 7.62. The Morgan fingerprint density at radius 1 is 1.09 bits per heavy atom. The van der Waals surface area contributed by atoms with Crippen LogP contribution in [0, 0.1) is 0 Å². The fourth-order valence-corrected chi connectivity index (χ4v) is 5.29. The molecule has 35 heavy (non-hydrogen) atoms. The van der Waals surface area contributed by atoms with Crippen LogP contribution >= 0.6 is 0 Å². The molecule has 184 valence electrons. The number of nitrogens with one attached hydrogen (secondary N) is 1. The van der Waals surface area contributed by atoms with Crippen molar-refractivity contribution in [3.05, 3.63) is 66.5 Å². The Morgan fingerprint density at radius 3 is 2.54 bits per heavy atom. The van der Waals surface area contributed by atoms with E-state index in [-0.39, 0.29) is 11.0 Å². The summed E-state index contributed by atoms with van der Waals surface area (Å²) in [4.78, 5) is 14.3. The largest absolute Gasteiger partial charge is 0.489 e. The smallest absolute Gasteiger partial charge is 0.248 e. The summed E-state index contributed by atoms with van der Waals surface area (Å²) >= 11 is 0. The predicted octanol–water partition coefficient (Wildman–Crippen LogP) is 3.88. The second kappa shape index (κ2) is 10.8. The Hall–Kier alpha value is -3.50. The van der Waals surface area contributed by atoms with E-state index in [9.17, 15) is 13.2 Å². The maximum Gasteiger partial charge on any atom is 0.248 e. The van der Waals surface area contributed by atoms with Crippen molar-refractivity contribution in [3.63, 3.8) is 0 Å². The molecule has 0 spiro atoms. The minimum atomic E-state index is -3.66. The lowest BCUT2D eigenvalue weighted by molar-refractivity contribution is -0.111. The molecule has 0 radical (unpaired) electrons. The van der Waals surface area contributed by atoms with Gasteiger partial charge < -0.3 is 10.1 Å². The van der Waals surface area contributed by atoms with Crippen LogP contribution in [-0.4, -0.2) is 52.8 Å². The molecule has 2 heterocycles. The number of carbonyl (C=O) groups excluding carboxylic acids is 1. The van der Waals surface area contributed by atoms with Crippen LogP contribution in [0.1, 0.15) is 38.8 Å². The second-order valence-corrected chi connectivity index (χ2v) is 10.4. The summed E-state index contributed by atoms with van der Waals surface area (Å²) in [6.07, 6.45) is 6.98. The van der Waals surface area contributed by atoms with E-state index in [1.54, 1.807) is 18.3 Å². The van der Waals surface area contributed by atoms with E-state index in [1.165, 1.54) is 27.3 Å². The molecule has 2 aromatic carbocycles. The zero-order valence-electron chi connectivity index (χ0n) is 19.8. The Labute approximate surface area is 205 Å². The fourth-order valence-electron chi connectivity index (χ4n) is 3.75. The molecular formula is C25H29N5O4S. The van der Waals surface area contributed by atoms with E-state index in [2.05, 4.69) is 15.5 Å². The summed E-state index contributed by atoms with van der Waals surface area (Å²) in [5.74, 6) is -0.0465. The Bertz CT molecular complexity index is 1300. The van der Waals surface area contributed by atoms with E-state index in [1.807, 2.05) is 44.2 Å². The standard InChI is InChI=1S/C25H29N5O4S/c1-19(2)34-24-13-12-22(35(32,33)29-15-7-4-8-16-29)17-23(24)27-25(31)14-11-20-18-26-30(28-20)21-9-5-3-6-10-21/h3,5-6,9-14,17-19H,4,7-8,15-16H2,1-2H3,(H,27,31)/b14-11+. The quantitative estimate of drug-likeness (QED) is 0.476. The van der Waals surface area contributed by atoms with Crippen molar-refractivity contribution in [3.8, 4) is 11.4 Å². The number of sulfonamides is 1. The number of benzene rings is 2. The number of rotatable bonds is 8. The number of hydrogen-bond acceptors (Lipinski definition) is 6. The van der Waals surface area contributed by atoms with Crippen molar-refractivity contribution in [2.45, 2.75) is 44.1 Å². The maximum absolute atomic E-state index is 13.1. The van der Waals surface area contributed by atoms with Gasteiger partial charge in [-0.15, -0.1) is 5.10 Å². The average Bonchev–Trinajstić information content (AvgIpc) is 3.34. The normalized spacial score (nSPS) is 14.9. The molecule has 0 saturated carbocycles. The molecule has 0 atom stereocenters. The van der Waals surface area contributed by atoms with Gasteiger partial charge in [-0.3, -0.25) is 4.79 Å². The van der Waals surface area contributed by atoms with E-state index in [4.69, 9.17) is 4.74 Å². The van der Waals surface area contributed by atoms with Gasteiger partial charge in [-0.1, -0.05) is 24.6 Å². The molecule has 0 aliphatic carbocycles. The topological polar surface area (TPSA) is 106 Å². The summed E-state index contributed by atoms with van der Waals surface area (Å²) < 4.78 is 33.6. The lowest BCUT2D eigenvalue weighted by Crippen LogP contribution is -2.35. The van der Waals surface area contributed by atoms with E-state index in [0.29, 0.717) is 30.2 Å². The molecule has 1 aliphatic rings. The minimum absolute atomic E-state index is 0.126. The highest BCUT2D eigenvalue weighted by molar-refractivity contribution is 7.89. The summed E-state index contributed by atoms with van der Waals surface area (Å²) in [5.41, 5.74) is 1.60. The summed E-state index contributed by atoms with van der Waals surface area (Å²) in [7, 11) is -3.66. The number of piperidine rings is 1. The van der Waals surface area contributed by atoms with Gasteiger partial charge in [0.2, 0.25) is 15.9 Å². The van der Waals surface area contributed by atoms with Crippen LogP contribution in [0.5, 0.6) is 5.75 Å². The first-order valence-electron chi connectivity index (χ1n) is 11.6. The highest BCUT2D eigenvalue weighted by Crippen LogP contribution is 2.31. The Balaban J connectivity index is 1.53. The van der Waals surface area contributed by atoms with Crippen LogP contribution in [0.3, 0.4) is 0 Å². The molecule has 1 saturated heterocycles. The number of carbonyl (C=O) groups is 1. The van der Waals surface area contributed by atoms with Crippen molar-refractivity contribution in [1.82, 2.24) is 19.3 Å². The fraction of sp³-hybridized carbons (Fsp3) is 0.320. The third-order valence-electron chi connectivity index (χ3n) is 5.43. The van der Waals surface area contributed by atoms with Crippen molar-refractivity contribution in [1.29, 1.82) is 0 Å². The SMILES string of the molecule is CC(C)Oc1ccc(S(=O)(=O)N2CCCCC2)cc1NC(=O)/C=C/c1cnn(-c2ccccc2)n1. The second-order valence-electron chi connectivity index (χ2n) is 8.51. The summed E-state index contributed by atoms with van der Waals surface area (Å²) in [5, 5.41) is 11.3. The molecule has 10 heteroatoms. The highest BCUT2D eigenvalue weighted by Gasteiger charge is 2.27. The van der Waals surface area contributed by atoms with Crippen LogP contribution in [0.15, 0.2) is 65.7 Å². The molecule has 9 nitrogen and oxygen atoms in total. The van der Waals surface area contributed by atoms with E-state index < -0.39 is 15.9 Å². The lowest BCUT2D eigenvalue weighted by atomic mass is 10.2. The zero-order valence-corrected chi connectivity index (χ0v) is 20.6. The predicted molar refractivity (Wildman–Crippen MR) is 134 cm³/mol. The molecule has 1 amide bonds. The molecule has 0 unspecified atom stereocenters. The summed E-state index contributed by atoms with van der Waals surface area (Å²) in [6.45, 7) is 4.72. The van der Waals surface area contributed by atoms with Gasteiger partial charge in [0.05, 0.1) is 28.6 Å². The average molecular weight is 496 g/mol. The maximum atomic E-state index is 13.1. The molecule has 3 aromatic rings. The molecule has 1 aromatic heterocycles. The summed E-state index contributed by atoms with van der Waals surface area (Å²) in [6, 6.07) is 14.0. The van der Waals surface area contributed by atoms with Crippen molar-refractivity contribution in [2.24, 2.45) is 0 Å².